The van der Waals surface area contributed by atoms with Crippen LogP contribution in [0.15, 0.2) is 18.2 Å². The third-order valence-electron chi connectivity index (χ3n) is 3.01. The summed E-state index contributed by atoms with van der Waals surface area (Å²) in [5.74, 6) is -1.40. The lowest BCUT2D eigenvalue weighted by atomic mass is 10.1. The fourth-order valence-corrected chi connectivity index (χ4v) is 1.72. The average Bonchev–Trinajstić information content (AvgIpc) is 2.38. The Balaban J connectivity index is 2.60. The van der Waals surface area contributed by atoms with E-state index in [1.54, 1.807) is 6.07 Å². The zero-order valence-electron chi connectivity index (χ0n) is 11.8. The van der Waals surface area contributed by atoms with Gasteiger partial charge in [-0.15, -0.1) is 0 Å². The van der Waals surface area contributed by atoms with E-state index < -0.39 is 12.0 Å². The Kier molecular flexibility index (Phi) is 6.14. The van der Waals surface area contributed by atoms with Crippen LogP contribution in [0.1, 0.15) is 17.5 Å². The van der Waals surface area contributed by atoms with Crippen molar-refractivity contribution in [2.45, 2.75) is 26.3 Å². The molecule has 0 aromatic heterocycles. The Morgan fingerprint density at radius 2 is 2.00 bits per heavy atom. The van der Waals surface area contributed by atoms with Crippen LogP contribution in [0.3, 0.4) is 0 Å². The minimum absolute atomic E-state index is 0.137. The lowest BCUT2D eigenvalue weighted by Crippen LogP contribution is -2.41. The summed E-state index contributed by atoms with van der Waals surface area (Å²) in [5, 5.41) is 14.4. The van der Waals surface area contributed by atoms with Gasteiger partial charge in [0.2, 0.25) is 5.91 Å². The molecule has 0 saturated carbocycles. The number of carboxylic acid groups (broad SMARTS) is 1. The molecule has 5 N–H and O–H groups in total. The van der Waals surface area contributed by atoms with Gasteiger partial charge in [-0.25, -0.2) is 0 Å². The number of amides is 1. The van der Waals surface area contributed by atoms with Crippen molar-refractivity contribution < 1.29 is 14.7 Å². The summed E-state index contributed by atoms with van der Waals surface area (Å²) in [6, 6.07) is 4.64. The average molecular weight is 279 g/mol. The number of aryl methyl sites for hydroxylation is 2. The number of carbonyl (C=O) groups excluding carboxylic acids is 1. The van der Waals surface area contributed by atoms with Crippen molar-refractivity contribution in [1.82, 2.24) is 5.32 Å². The van der Waals surface area contributed by atoms with Gasteiger partial charge in [-0.2, -0.15) is 0 Å². The predicted molar refractivity (Wildman–Crippen MR) is 77.6 cm³/mol. The van der Waals surface area contributed by atoms with E-state index in [1.807, 2.05) is 26.0 Å². The van der Waals surface area contributed by atoms with Gasteiger partial charge in [0.1, 0.15) is 6.04 Å². The van der Waals surface area contributed by atoms with E-state index in [-0.39, 0.29) is 12.3 Å². The number of aliphatic carboxylic acids is 1. The van der Waals surface area contributed by atoms with Gasteiger partial charge in [0.25, 0.3) is 0 Å². The van der Waals surface area contributed by atoms with E-state index in [0.29, 0.717) is 18.8 Å². The monoisotopic (exact) mass is 279 g/mol. The molecule has 1 aromatic carbocycles. The van der Waals surface area contributed by atoms with Gasteiger partial charge in [-0.1, -0.05) is 6.07 Å². The quantitative estimate of drug-likeness (QED) is 0.586. The third kappa shape index (κ3) is 4.99. The molecule has 0 unspecified atom stereocenters. The molecule has 0 fully saturated rings. The summed E-state index contributed by atoms with van der Waals surface area (Å²) in [5.41, 5.74) is 8.18. The number of anilines is 1. The van der Waals surface area contributed by atoms with Gasteiger partial charge < -0.3 is 21.5 Å². The lowest BCUT2D eigenvalue weighted by molar-refractivity contribution is -0.141. The predicted octanol–water partition coefficient (Wildman–Crippen LogP) is 0.634. The number of hydrogen-bond donors (Lipinski definition) is 4. The first kappa shape index (κ1) is 16.1. The van der Waals surface area contributed by atoms with Crippen molar-refractivity contribution >= 4 is 17.6 Å². The van der Waals surface area contributed by atoms with Crippen molar-refractivity contribution in [2.24, 2.45) is 5.73 Å². The van der Waals surface area contributed by atoms with Crippen LogP contribution < -0.4 is 16.4 Å². The summed E-state index contributed by atoms with van der Waals surface area (Å²) in [4.78, 5) is 22.8. The Bertz CT molecular complexity index is 489. The van der Waals surface area contributed by atoms with E-state index in [1.165, 1.54) is 0 Å². The van der Waals surface area contributed by atoms with E-state index in [9.17, 15) is 9.59 Å². The first-order chi connectivity index (χ1) is 9.43. The van der Waals surface area contributed by atoms with E-state index in [0.717, 1.165) is 11.1 Å². The Hall–Kier alpha value is -1.92. The summed E-state index contributed by atoms with van der Waals surface area (Å²) < 4.78 is 0. The van der Waals surface area contributed by atoms with Gasteiger partial charge >= 0.3 is 5.97 Å². The van der Waals surface area contributed by atoms with Crippen molar-refractivity contribution in [3.63, 3.8) is 0 Å². The van der Waals surface area contributed by atoms with Gasteiger partial charge in [0.05, 0.1) is 6.42 Å². The largest absolute Gasteiger partial charge is 0.480 e. The van der Waals surface area contributed by atoms with Crippen molar-refractivity contribution in [2.75, 3.05) is 18.4 Å². The second-order valence-corrected chi connectivity index (χ2v) is 4.68. The zero-order valence-corrected chi connectivity index (χ0v) is 11.8. The molecule has 1 atom stereocenters. The van der Waals surface area contributed by atoms with Crippen LogP contribution in [-0.4, -0.2) is 36.1 Å². The van der Waals surface area contributed by atoms with Crippen LogP contribution in [0.5, 0.6) is 0 Å². The molecule has 0 radical (unpaired) electrons. The molecule has 0 saturated heterocycles. The van der Waals surface area contributed by atoms with E-state index >= 15 is 0 Å². The number of benzene rings is 1. The number of hydrogen-bond acceptors (Lipinski definition) is 4. The van der Waals surface area contributed by atoms with Crippen LogP contribution in [-0.2, 0) is 9.59 Å². The highest BCUT2D eigenvalue weighted by Gasteiger charge is 2.20. The summed E-state index contributed by atoms with van der Waals surface area (Å²) in [6.07, 6.45) is -0.137. The van der Waals surface area contributed by atoms with Gasteiger partial charge in [0.15, 0.2) is 0 Å². The van der Waals surface area contributed by atoms with Crippen LogP contribution in [0, 0.1) is 13.8 Å². The van der Waals surface area contributed by atoms with E-state index in [4.69, 9.17) is 10.8 Å². The summed E-state index contributed by atoms with van der Waals surface area (Å²) in [6.45, 7) is 4.61. The molecule has 20 heavy (non-hydrogen) atoms. The lowest BCUT2D eigenvalue weighted by Gasteiger charge is -2.14. The third-order valence-corrected chi connectivity index (χ3v) is 3.01. The molecule has 110 valence electrons. The van der Waals surface area contributed by atoms with Crippen molar-refractivity contribution in [1.29, 1.82) is 0 Å². The standard InChI is InChI=1S/C14H21N3O3/c1-9-3-4-11(7-10(9)2)17-13(18)8-12(14(19)20)16-6-5-15/h3-4,7,12,16H,5-6,8,15H2,1-2H3,(H,17,18)(H,19,20)/t12-/m0/s1. The number of nitrogens with one attached hydrogen (secondary N) is 2. The summed E-state index contributed by atoms with van der Waals surface area (Å²) in [7, 11) is 0. The summed E-state index contributed by atoms with van der Waals surface area (Å²) >= 11 is 0. The van der Waals surface area contributed by atoms with Crippen LogP contribution >= 0.6 is 0 Å². The molecule has 0 aliphatic heterocycles. The highest BCUT2D eigenvalue weighted by Crippen LogP contribution is 2.14. The highest BCUT2D eigenvalue weighted by atomic mass is 16.4. The minimum atomic E-state index is -1.06. The number of carbonyl (C=O) groups is 2. The molecule has 6 heteroatoms. The fourth-order valence-electron chi connectivity index (χ4n) is 1.72. The van der Waals surface area contributed by atoms with E-state index in [2.05, 4.69) is 10.6 Å². The van der Waals surface area contributed by atoms with Gasteiger partial charge in [-0.3, -0.25) is 9.59 Å². The molecule has 0 aliphatic rings. The van der Waals surface area contributed by atoms with Gasteiger partial charge in [0, 0.05) is 18.8 Å². The van der Waals surface area contributed by atoms with Crippen molar-refractivity contribution in [3.05, 3.63) is 29.3 Å². The Labute approximate surface area is 118 Å². The fraction of sp³-hybridized carbons (Fsp3) is 0.429. The Morgan fingerprint density at radius 1 is 1.30 bits per heavy atom. The minimum Gasteiger partial charge on any atom is -0.480 e. The molecule has 0 heterocycles. The highest BCUT2D eigenvalue weighted by molar-refractivity contribution is 5.94. The van der Waals surface area contributed by atoms with Gasteiger partial charge in [-0.05, 0) is 37.1 Å². The second-order valence-electron chi connectivity index (χ2n) is 4.68. The first-order valence-corrected chi connectivity index (χ1v) is 6.47. The van der Waals surface area contributed by atoms with Crippen LogP contribution in [0.25, 0.3) is 0 Å². The maximum atomic E-state index is 11.8. The molecule has 0 bridgehead atoms. The first-order valence-electron chi connectivity index (χ1n) is 6.47. The zero-order chi connectivity index (χ0) is 15.1. The Morgan fingerprint density at radius 3 is 2.55 bits per heavy atom. The molecule has 0 spiro atoms. The molecule has 1 amide bonds. The van der Waals surface area contributed by atoms with Crippen LogP contribution in [0.4, 0.5) is 5.69 Å². The number of carboxylic acids is 1. The molecule has 6 nitrogen and oxygen atoms in total. The number of nitrogens with two attached hydrogens (primary N) is 1. The molecular weight excluding hydrogens is 258 g/mol. The van der Waals surface area contributed by atoms with Crippen LogP contribution in [0.2, 0.25) is 0 Å². The SMILES string of the molecule is Cc1ccc(NC(=O)C[C@H](NCCN)C(=O)O)cc1C. The second kappa shape index (κ2) is 7.62. The molecule has 0 aliphatic carbocycles. The maximum absolute atomic E-state index is 11.8. The van der Waals surface area contributed by atoms with Crippen molar-refractivity contribution in [3.8, 4) is 0 Å². The molecular formula is C14H21N3O3. The maximum Gasteiger partial charge on any atom is 0.321 e. The molecule has 1 aromatic rings. The molecule has 1 rings (SSSR count). The normalized spacial score (nSPS) is 11.9. The number of rotatable bonds is 7. The topological polar surface area (TPSA) is 104 Å². The smallest absolute Gasteiger partial charge is 0.321 e.